The maximum atomic E-state index is 11.5. The van der Waals surface area contributed by atoms with Gasteiger partial charge in [-0.05, 0) is 29.4 Å². The summed E-state index contributed by atoms with van der Waals surface area (Å²) in [6.07, 6.45) is 1.07. The summed E-state index contributed by atoms with van der Waals surface area (Å²) in [6.45, 7) is 3.87. The lowest BCUT2D eigenvalue weighted by Crippen LogP contribution is -2.19. The summed E-state index contributed by atoms with van der Waals surface area (Å²) < 4.78 is 5.52. The lowest BCUT2D eigenvalue weighted by molar-refractivity contribution is -0.149. The molecule has 1 rings (SSSR count). The van der Waals surface area contributed by atoms with Crippen molar-refractivity contribution in [1.82, 2.24) is 0 Å². The fourth-order valence-electron chi connectivity index (χ4n) is 1.58. The largest absolute Gasteiger partial charge is 0.457 e. The Morgan fingerprint density at radius 2 is 2.11 bits per heavy atom. The molecule has 0 aliphatic carbocycles. The molecule has 0 saturated heterocycles. The third-order valence-corrected chi connectivity index (χ3v) is 4.58. The van der Waals surface area contributed by atoms with E-state index in [4.69, 9.17) is 16.3 Å². The lowest BCUT2D eigenvalue weighted by atomic mass is 10.0. The molecule has 0 fully saturated rings. The van der Waals surface area contributed by atoms with E-state index in [-0.39, 0.29) is 17.7 Å². The van der Waals surface area contributed by atoms with Gasteiger partial charge in [-0.3, -0.25) is 4.79 Å². The van der Waals surface area contributed by atoms with E-state index in [1.165, 1.54) is 0 Å². The molecule has 0 heterocycles. The van der Waals surface area contributed by atoms with Crippen molar-refractivity contribution in [3.05, 3.63) is 28.8 Å². The van der Waals surface area contributed by atoms with Gasteiger partial charge in [-0.2, -0.15) is 0 Å². The molecular weight excluding hydrogens is 286 g/mol. The van der Waals surface area contributed by atoms with E-state index in [0.29, 0.717) is 11.4 Å². The lowest BCUT2D eigenvalue weighted by Gasteiger charge is -2.24. The van der Waals surface area contributed by atoms with Gasteiger partial charge >= 0.3 is 5.97 Å². The Morgan fingerprint density at radius 3 is 2.61 bits per heavy atom. The van der Waals surface area contributed by atoms with Crippen molar-refractivity contribution in [2.45, 2.75) is 38.5 Å². The predicted molar refractivity (Wildman–Crippen MR) is 83.7 cm³/mol. The summed E-state index contributed by atoms with van der Waals surface area (Å²) in [5, 5.41) is 1.61. The number of halogens is 1. The fraction of sp³-hybridized carbons (Fsp3) is 0.462. The van der Waals surface area contributed by atoms with E-state index < -0.39 is 0 Å². The molecule has 2 nitrogen and oxygen atoms in total. The van der Waals surface area contributed by atoms with Gasteiger partial charge in [-0.15, -0.1) is 18.5 Å². The Morgan fingerprint density at radius 1 is 1.44 bits per heavy atom. The average molecular weight is 305 g/mol. The first-order valence-corrected chi connectivity index (χ1v) is 7.61. The van der Waals surface area contributed by atoms with Crippen molar-refractivity contribution in [1.29, 1.82) is 0 Å². The Bertz CT molecular complexity index is 423. The van der Waals surface area contributed by atoms with Crippen LogP contribution < -0.4 is 5.30 Å². The van der Waals surface area contributed by atoms with Gasteiger partial charge in [-0.1, -0.05) is 31.5 Å². The number of carbonyl (C=O) groups is 1. The molecular formula is C13H19ClO2P2. The van der Waals surface area contributed by atoms with E-state index in [1.54, 1.807) is 6.92 Å². The van der Waals surface area contributed by atoms with Crippen molar-refractivity contribution in [3.8, 4) is 0 Å². The molecule has 0 aliphatic rings. The third-order valence-electron chi connectivity index (χ3n) is 2.76. The van der Waals surface area contributed by atoms with Crippen molar-refractivity contribution in [3.63, 3.8) is 0 Å². The summed E-state index contributed by atoms with van der Waals surface area (Å²) >= 11 is 6.00. The monoisotopic (exact) mass is 304 g/mol. The second-order valence-corrected chi connectivity index (χ2v) is 6.00. The molecule has 0 aliphatic heterocycles. The predicted octanol–water partition coefficient (Wildman–Crippen LogP) is 3.49. The zero-order valence-corrected chi connectivity index (χ0v) is 13.7. The molecule has 1 aromatic carbocycles. The van der Waals surface area contributed by atoms with E-state index in [2.05, 4.69) is 25.4 Å². The second kappa shape index (κ2) is 7.43. The van der Waals surface area contributed by atoms with Crippen LogP contribution in [0.5, 0.6) is 0 Å². The molecule has 0 amide bonds. The number of rotatable bonds is 5. The molecule has 0 aromatic heterocycles. The van der Waals surface area contributed by atoms with Gasteiger partial charge in [-0.25, -0.2) is 0 Å². The number of benzene rings is 1. The van der Waals surface area contributed by atoms with Crippen LogP contribution >= 0.6 is 30.1 Å². The van der Waals surface area contributed by atoms with Crippen LogP contribution in [0, 0.1) is 0 Å². The van der Waals surface area contributed by atoms with Crippen molar-refractivity contribution in [2.75, 3.05) is 0 Å². The molecule has 0 spiro atoms. The maximum absolute atomic E-state index is 11.5. The summed E-state index contributed by atoms with van der Waals surface area (Å²) in [5.74, 6) is -0.179. The van der Waals surface area contributed by atoms with Gasteiger partial charge in [0.05, 0.1) is 0 Å². The molecule has 0 bridgehead atoms. The van der Waals surface area contributed by atoms with Crippen LogP contribution in [-0.2, 0) is 9.53 Å². The highest BCUT2D eigenvalue weighted by Gasteiger charge is 2.22. The van der Waals surface area contributed by atoms with E-state index in [9.17, 15) is 4.79 Å². The first-order valence-electron chi connectivity index (χ1n) is 5.99. The molecule has 1 aromatic rings. The number of ether oxygens (including phenoxy) is 1. The molecule has 4 atom stereocenters. The normalized spacial score (nSPS) is 14.1. The summed E-state index contributed by atoms with van der Waals surface area (Å²) in [4.78, 5) is 11.5. The average Bonchev–Trinajstić information content (AvgIpc) is 2.38. The van der Waals surface area contributed by atoms with Crippen LogP contribution in [0.1, 0.15) is 38.4 Å². The van der Waals surface area contributed by atoms with Crippen LogP contribution in [0.15, 0.2) is 18.2 Å². The molecule has 4 unspecified atom stereocenters. The first-order chi connectivity index (χ1) is 8.49. The van der Waals surface area contributed by atoms with Crippen LogP contribution in [0.25, 0.3) is 0 Å². The van der Waals surface area contributed by atoms with E-state index in [0.717, 1.165) is 17.3 Å². The smallest absolute Gasteiger partial charge is 0.306 e. The van der Waals surface area contributed by atoms with Crippen molar-refractivity contribution < 1.29 is 9.53 Å². The van der Waals surface area contributed by atoms with Crippen LogP contribution in [0.4, 0.5) is 0 Å². The highest BCUT2D eigenvalue weighted by Crippen LogP contribution is 2.30. The Kier molecular flexibility index (Phi) is 6.57. The minimum atomic E-state index is -0.232. The fourth-order valence-corrected chi connectivity index (χ4v) is 2.29. The standard InChI is InChI=1S/C13H19ClO2P2/c1-3-10(17)13(16-12(15)4-2)8-5-6-9(14)11(18)7-8/h5-7,10,13H,3-4,17-18H2,1-2H3. The number of hydrogen-bond donors (Lipinski definition) is 0. The molecule has 100 valence electrons. The SMILES string of the molecule is CCC(=O)OC(c1ccc(Cl)c(P)c1)C(P)CC. The molecule has 18 heavy (non-hydrogen) atoms. The molecule has 5 heteroatoms. The zero-order chi connectivity index (χ0) is 13.7. The van der Waals surface area contributed by atoms with Crippen LogP contribution in [-0.4, -0.2) is 11.6 Å². The van der Waals surface area contributed by atoms with Gasteiger partial charge < -0.3 is 4.74 Å². The maximum Gasteiger partial charge on any atom is 0.306 e. The Hall–Kier alpha value is -0.160. The van der Waals surface area contributed by atoms with Gasteiger partial charge in [0.15, 0.2) is 0 Å². The van der Waals surface area contributed by atoms with Gasteiger partial charge in [0.2, 0.25) is 0 Å². The minimum absolute atomic E-state index is 0.179. The van der Waals surface area contributed by atoms with Gasteiger partial charge in [0.25, 0.3) is 0 Å². The van der Waals surface area contributed by atoms with Crippen LogP contribution in [0.3, 0.4) is 0 Å². The molecule has 0 N–H and O–H groups in total. The van der Waals surface area contributed by atoms with Gasteiger partial charge in [0.1, 0.15) is 6.10 Å². The number of esters is 1. The van der Waals surface area contributed by atoms with E-state index in [1.807, 2.05) is 18.2 Å². The Balaban J connectivity index is 3.01. The second-order valence-electron chi connectivity index (χ2n) is 4.12. The quantitative estimate of drug-likeness (QED) is 0.615. The highest BCUT2D eigenvalue weighted by atomic mass is 35.5. The van der Waals surface area contributed by atoms with Crippen LogP contribution in [0.2, 0.25) is 5.02 Å². The zero-order valence-electron chi connectivity index (χ0n) is 10.7. The molecule has 0 saturated carbocycles. The highest BCUT2D eigenvalue weighted by molar-refractivity contribution is 7.28. The number of hydrogen-bond acceptors (Lipinski definition) is 2. The minimum Gasteiger partial charge on any atom is -0.457 e. The molecule has 0 radical (unpaired) electrons. The Labute approximate surface area is 118 Å². The summed E-state index contributed by atoms with van der Waals surface area (Å²) in [6, 6.07) is 5.70. The number of carbonyl (C=O) groups excluding carboxylic acids is 1. The third kappa shape index (κ3) is 4.19. The van der Waals surface area contributed by atoms with Crippen molar-refractivity contribution in [2.24, 2.45) is 0 Å². The summed E-state index contributed by atoms with van der Waals surface area (Å²) in [5.41, 5.74) is 1.18. The van der Waals surface area contributed by atoms with Gasteiger partial charge in [0, 0.05) is 17.1 Å². The summed E-state index contributed by atoms with van der Waals surface area (Å²) in [7, 11) is 5.34. The van der Waals surface area contributed by atoms with E-state index >= 15 is 0 Å². The van der Waals surface area contributed by atoms with Crippen molar-refractivity contribution >= 4 is 41.4 Å². The first kappa shape index (κ1) is 15.9. The topological polar surface area (TPSA) is 26.3 Å².